The van der Waals surface area contributed by atoms with Gasteiger partial charge in [-0.1, -0.05) is 276 Å². The van der Waals surface area contributed by atoms with Crippen LogP contribution in [0, 0.1) is 49.7 Å². The second-order valence-corrected chi connectivity index (χ2v) is 27.7. The van der Waals surface area contributed by atoms with Crippen molar-refractivity contribution in [3.8, 4) is 0 Å². The van der Waals surface area contributed by atoms with E-state index in [0.29, 0.717) is 38.8 Å². The standard InChI is InChI=1S/C16H34.C8H16.C7H16.C6H14.C5H10Cl2.C5H6F6.C5H12.C4H10.C3H8/c1-5-6-7-8-9-10-11-12-13-14-15-16(2,3)4;1-8(2)6-4-3-5-7-8;1-6(2)7(3,4)5;1-5-6(2,3)4;1-5(2,3-6)4-7;1-3(2,4(6,7)8)5(9,10)11;1-5(2,3)4;1-4(2)3;1-3-2/h5-15H2,1-4H3;3-7H2,1-2H3;6H,1-5H3;5H2,1-4H3;3-4H2,1-2H3;1-2H3;1-4H3;4H,1-3H3;3H2,1-2H3. The van der Waals surface area contributed by atoms with Crippen molar-refractivity contribution in [2.45, 2.75) is 322 Å². The van der Waals surface area contributed by atoms with E-state index in [1.807, 2.05) is 13.8 Å². The molecule has 0 bridgehead atoms. The number of rotatable bonds is 12. The fourth-order valence-electron chi connectivity index (χ4n) is 3.85. The highest BCUT2D eigenvalue weighted by Gasteiger charge is 2.64. The van der Waals surface area contributed by atoms with Crippen LogP contribution in [-0.4, -0.2) is 24.1 Å². The Morgan fingerprint density at radius 1 is 0.463 bits per heavy atom. The SMILES string of the molecule is CC(C)(C(F)(F)F)C(F)(F)F.CC(C)(C)C.CC(C)(CCl)CCl.CC(C)C.CC(C)C(C)(C)C.CC1(C)CCCCC1.CCC.CCC(C)(C)C.CCCCCCCCCCCCC(C)(C)C. The molecule has 0 atom stereocenters. The molecule has 0 nitrogen and oxygen atoms in total. The van der Waals surface area contributed by atoms with E-state index in [2.05, 4.69) is 166 Å². The first-order valence-corrected chi connectivity index (χ1v) is 27.9. The summed E-state index contributed by atoms with van der Waals surface area (Å²) in [6, 6.07) is 0. The monoisotopic (exact) mass is 1020 g/mol. The predicted molar refractivity (Wildman–Crippen MR) is 300 cm³/mol. The minimum absolute atomic E-state index is 0.104. The van der Waals surface area contributed by atoms with Crippen LogP contribution in [0.1, 0.15) is 309 Å². The van der Waals surface area contributed by atoms with E-state index in [1.54, 1.807) is 0 Å². The molecule has 0 spiro atoms. The van der Waals surface area contributed by atoms with E-state index >= 15 is 0 Å². The zero-order valence-electron chi connectivity index (χ0n) is 50.8. The number of alkyl halides is 8. The van der Waals surface area contributed by atoms with Crippen molar-refractivity contribution in [2.75, 3.05) is 11.8 Å². The van der Waals surface area contributed by atoms with Crippen LogP contribution >= 0.6 is 23.2 Å². The maximum atomic E-state index is 11.6. The lowest BCUT2D eigenvalue weighted by molar-refractivity contribution is -0.327. The van der Waals surface area contributed by atoms with Crippen LogP contribution in [-0.2, 0) is 0 Å². The summed E-state index contributed by atoms with van der Waals surface area (Å²) in [6.45, 7) is 58.1. The van der Waals surface area contributed by atoms with Crippen LogP contribution in [0.4, 0.5) is 26.3 Å². The van der Waals surface area contributed by atoms with E-state index in [9.17, 15) is 26.3 Å². The van der Waals surface area contributed by atoms with Gasteiger partial charge in [-0.2, -0.15) is 26.3 Å². The summed E-state index contributed by atoms with van der Waals surface area (Å²) < 4.78 is 69.7. The topological polar surface area (TPSA) is 0 Å². The van der Waals surface area contributed by atoms with Crippen LogP contribution < -0.4 is 0 Å². The number of unbranched alkanes of at least 4 members (excludes halogenated alkanes) is 9. The van der Waals surface area contributed by atoms with Gasteiger partial charge in [0.2, 0.25) is 0 Å². The van der Waals surface area contributed by atoms with Gasteiger partial charge >= 0.3 is 12.4 Å². The second-order valence-electron chi connectivity index (χ2n) is 27.1. The summed E-state index contributed by atoms with van der Waals surface area (Å²) in [5.41, 5.74) is -0.748. The Morgan fingerprint density at radius 2 is 0.701 bits per heavy atom. The summed E-state index contributed by atoms with van der Waals surface area (Å²) in [7, 11) is 0. The van der Waals surface area contributed by atoms with Crippen molar-refractivity contribution < 1.29 is 26.3 Å². The Morgan fingerprint density at radius 3 is 0.821 bits per heavy atom. The van der Waals surface area contributed by atoms with Crippen molar-refractivity contribution in [2.24, 2.45) is 49.7 Å². The largest absolute Gasteiger partial charge is 0.402 e. The van der Waals surface area contributed by atoms with Gasteiger partial charge in [0, 0.05) is 11.8 Å². The van der Waals surface area contributed by atoms with Gasteiger partial charge in [-0.15, -0.1) is 23.2 Å². The molecule has 0 amide bonds. The molecule has 0 aromatic rings. The zero-order valence-corrected chi connectivity index (χ0v) is 52.3. The lowest BCUT2D eigenvalue weighted by atomic mass is 9.78. The predicted octanol–water partition coefficient (Wildman–Crippen LogP) is 25.2. The molecule has 0 unspecified atom stereocenters. The first kappa shape index (κ1) is 84.0. The molecule has 0 heterocycles. The van der Waals surface area contributed by atoms with E-state index in [-0.39, 0.29) is 19.3 Å². The van der Waals surface area contributed by atoms with Gasteiger partial charge in [-0.05, 0) is 77.4 Å². The third-order valence-corrected chi connectivity index (χ3v) is 11.9. The Bertz CT molecular complexity index is 938. The van der Waals surface area contributed by atoms with Crippen molar-refractivity contribution in [1.82, 2.24) is 0 Å². The molecule has 1 rings (SSSR count). The molecule has 0 saturated heterocycles. The lowest BCUT2D eigenvalue weighted by Crippen LogP contribution is -2.44. The molecule has 1 aliphatic carbocycles. The van der Waals surface area contributed by atoms with Gasteiger partial charge in [0.15, 0.2) is 5.41 Å². The minimum Gasteiger partial charge on any atom is -0.170 e. The van der Waals surface area contributed by atoms with Crippen LogP contribution in [0.2, 0.25) is 0 Å². The zero-order chi connectivity index (χ0) is 55.8. The average Bonchev–Trinajstić information content (AvgIpc) is 3.11. The normalized spacial score (nSPS) is 14.1. The van der Waals surface area contributed by atoms with Gasteiger partial charge < -0.3 is 0 Å². The molecule has 67 heavy (non-hydrogen) atoms. The van der Waals surface area contributed by atoms with Crippen LogP contribution in [0.3, 0.4) is 0 Å². The molecule has 0 radical (unpaired) electrons. The van der Waals surface area contributed by atoms with Gasteiger partial charge in [-0.25, -0.2) is 0 Å². The van der Waals surface area contributed by atoms with E-state index in [4.69, 9.17) is 23.2 Å². The highest BCUT2D eigenvalue weighted by atomic mass is 35.5. The summed E-state index contributed by atoms with van der Waals surface area (Å²) in [4.78, 5) is 0. The Hall–Kier alpha value is 0.160. The van der Waals surface area contributed by atoms with Gasteiger partial charge in [-0.3, -0.25) is 0 Å². The van der Waals surface area contributed by atoms with E-state index in [0.717, 1.165) is 11.8 Å². The highest BCUT2D eigenvalue weighted by Crippen LogP contribution is 2.49. The van der Waals surface area contributed by atoms with E-state index < -0.39 is 17.8 Å². The summed E-state index contributed by atoms with van der Waals surface area (Å²) >= 11 is 11.0. The molecular weight excluding hydrogens is 894 g/mol. The molecule has 0 aliphatic heterocycles. The maximum absolute atomic E-state index is 11.6. The Balaban J connectivity index is -0.000000102. The molecular formula is C59H126Cl2F6. The first-order valence-electron chi connectivity index (χ1n) is 26.8. The Labute approximate surface area is 431 Å². The van der Waals surface area contributed by atoms with Crippen molar-refractivity contribution in [1.29, 1.82) is 0 Å². The summed E-state index contributed by atoms with van der Waals surface area (Å²) in [5.74, 6) is 2.90. The molecule has 1 saturated carbocycles. The van der Waals surface area contributed by atoms with Crippen LogP contribution in [0.5, 0.6) is 0 Å². The van der Waals surface area contributed by atoms with Crippen LogP contribution in [0.15, 0.2) is 0 Å². The second kappa shape index (κ2) is 43.7. The van der Waals surface area contributed by atoms with Crippen molar-refractivity contribution in [3.63, 3.8) is 0 Å². The lowest BCUT2D eigenvalue weighted by Gasteiger charge is -2.29. The molecule has 8 heteroatoms. The number of halogens is 8. The maximum Gasteiger partial charge on any atom is 0.402 e. The quantitative estimate of drug-likeness (QED) is 0.104. The molecule has 418 valence electrons. The number of hydrogen-bond acceptors (Lipinski definition) is 0. The third kappa shape index (κ3) is 86.4. The fourth-order valence-corrected chi connectivity index (χ4v) is 4.13. The molecule has 0 aromatic heterocycles. The average molecular weight is 1020 g/mol. The van der Waals surface area contributed by atoms with Gasteiger partial charge in [0.05, 0.1) is 0 Å². The first-order chi connectivity index (χ1) is 29.5. The Kier molecular flexibility index (Phi) is 54.8. The van der Waals surface area contributed by atoms with E-state index in [1.165, 1.54) is 116 Å². The van der Waals surface area contributed by atoms with Crippen molar-refractivity contribution >= 4 is 23.2 Å². The molecule has 1 fully saturated rings. The fraction of sp³-hybridized carbons (Fsp3) is 1.00. The smallest absolute Gasteiger partial charge is 0.170 e. The highest BCUT2D eigenvalue weighted by molar-refractivity contribution is 6.21. The van der Waals surface area contributed by atoms with Gasteiger partial charge in [0.1, 0.15) is 0 Å². The van der Waals surface area contributed by atoms with Crippen LogP contribution in [0.25, 0.3) is 0 Å². The molecule has 1 aliphatic rings. The summed E-state index contributed by atoms with van der Waals surface area (Å²) in [6.07, 6.45) is 15.2. The van der Waals surface area contributed by atoms with Gasteiger partial charge in [0.25, 0.3) is 0 Å². The summed E-state index contributed by atoms with van der Waals surface area (Å²) in [5, 5.41) is 0. The molecule has 0 aromatic carbocycles. The molecule has 0 N–H and O–H groups in total. The number of hydrogen-bond donors (Lipinski definition) is 0. The van der Waals surface area contributed by atoms with Crippen molar-refractivity contribution in [3.05, 3.63) is 0 Å². The minimum atomic E-state index is -5.24. The third-order valence-electron chi connectivity index (χ3n) is 10.4.